The van der Waals surface area contributed by atoms with Gasteiger partial charge < -0.3 is 26.0 Å². The summed E-state index contributed by atoms with van der Waals surface area (Å²) in [6, 6.07) is 18.9. The average molecular weight is 622 g/mol. The molecule has 0 radical (unpaired) electrons. The summed E-state index contributed by atoms with van der Waals surface area (Å²) in [5.74, 6) is -1.25. The van der Waals surface area contributed by atoms with Crippen LogP contribution in [0, 0.1) is 18.7 Å². The van der Waals surface area contributed by atoms with Crippen molar-refractivity contribution in [3.05, 3.63) is 89.5 Å². The maximum absolute atomic E-state index is 12.9. The smallest absolute Gasteiger partial charge is 0.270 e. The zero-order chi connectivity index (χ0) is 33.2. The van der Waals surface area contributed by atoms with E-state index in [9.17, 15) is 18.8 Å². The molecule has 3 atom stereocenters. The molecule has 45 heavy (non-hydrogen) atoms. The number of likely N-dealkylation sites (tertiary alicyclic amines) is 1. The minimum Gasteiger partial charge on any atom is -0.497 e. The molecule has 2 aromatic carbocycles. The first kappa shape index (κ1) is 37.0. The molecule has 0 aliphatic carbocycles. The molecular formula is C35H48FN5O4. The number of pyridine rings is 1. The van der Waals surface area contributed by atoms with Gasteiger partial charge in [-0.3, -0.25) is 14.4 Å². The fourth-order valence-electron chi connectivity index (χ4n) is 4.77. The Bertz CT molecular complexity index is 1320. The number of hydrogen-bond acceptors (Lipinski definition) is 7. The summed E-state index contributed by atoms with van der Waals surface area (Å²) in [5, 5.41) is 5.32. The highest BCUT2D eigenvalue weighted by Crippen LogP contribution is 2.17. The van der Waals surface area contributed by atoms with E-state index in [1.807, 2.05) is 18.2 Å². The Kier molecular flexibility index (Phi) is 16.5. The standard InChI is InChI=1S/C20H23FN4O4.C8H17N.C7H8/c1-12(19(27)25-15-5-3-13(21)4-6-15)7-14(22)10-23-20(28)18-9-17(29-2)8-16(11-26)24-18;1-3-8-6-4-5-7-9(8)2;1-7-5-3-2-4-6-7/h3-6,8-9,11-12,14H,7,10,22H2,1-2H3,(H,23,28)(H,25,27);8H,3-7H2,1-2H3;2-6H,1H3. The molecule has 244 valence electrons. The summed E-state index contributed by atoms with van der Waals surface area (Å²) in [6.45, 7) is 7.51. The van der Waals surface area contributed by atoms with Crippen LogP contribution in [0.1, 0.15) is 72.5 Å². The van der Waals surface area contributed by atoms with Crippen molar-refractivity contribution in [1.29, 1.82) is 0 Å². The minimum atomic E-state index is -0.508. The molecule has 0 bridgehead atoms. The van der Waals surface area contributed by atoms with E-state index >= 15 is 0 Å². The van der Waals surface area contributed by atoms with Crippen LogP contribution in [0.25, 0.3) is 0 Å². The molecule has 1 saturated heterocycles. The quantitative estimate of drug-likeness (QED) is 0.250. The summed E-state index contributed by atoms with van der Waals surface area (Å²) >= 11 is 0. The van der Waals surface area contributed by atoms with E-state index in [1.165, 1.54) is 81.3 Å². The van der Waals surface area contributed by atoms with Crippen LogP contribution in [0.5, 0.6) is 5.75 Å². The average Bonchev–Trinajstić information content (AvgIpc) is 3.05. The monoisotopic (exact) mass is 621 g/mol. The molecule has 1 aliphatic rings. The number of aldehydes is 1. The van der Waals surface area contributed by atoms with Gasteiger partial charge in [0.2, 0.25) is 5.91 Å². The third-order valence-corrected chi connectivity index (χ3v) is 7.48. The van der Waals surface area contributed by atoms with Gasteiger partial charge in [0, 0.05) is 42.4 Å². The third-order valence-electron chi connectivity index (χ3n) is 7.48. The number of amides is 2. The van der Waals surface area contributed by atoms with Crippen LogP contribution in [0.3, 0.4) is 0 Å². The molecule has 1 fully saturated rings. The third kappa shape index (κ3) is 14.0. The number of aryl methyl sites for hydroxylation is 1. The fourth-order valence-corrected chi connectivity index (χ4v) is 4.77. The molecule has 1 aliphatic heterocycles. The van der Waals surface area contributed by atoms with E-state index in [2.05, 4.69) is 53.5 Å². The van der Waals surface area contributed by atoms with Crippen molar-refractivity contribution in [1.82, 2.24) is 15.2 Å². The topological polar surface area (TPSA) is 127 Å². The van der Waals surface area contributed by atoms with Gasteiger partial charge in [0.15, 0.2) is 6.29 Å². The van der Waals surface area contributed by atoms with Crippen molar-refractivity contribution < 1.29 is 23.5 Å². The number of carbonyl (C=O) groups is 3. The Morgan fingerprint density at radius 3 is 2.36 bits per heavy atom. The van der Waals surface area contributed by atoms with E-state index in [0.29, 0.717) is 24.1 Å². The van der Waals surface area contributed by atoms with Crippen LogP contribution in [0.2, 0.25) is 0 Å². The van der Waals surface area contributed by atoms with Crippen LogP contribution in [-0.4, -0.2) is 67.3 Å². The molecule has 1 aromatic heterocycles. The van der Waals surface area contributed by atoms with Crippen molar-refractivity contribution in [2.75, 3.05) is 32.6 Å². The van der Waals surface area contributed by atoms with Crippen LogP contribution in [-0.2, 0) is 4.79 Å². The van der Waals surface area contributed by atoms with Gasteiger partial charge in [-0.15, -0.1) is 0 Å². The molecule has 2 amide bonds. The lowest BCUT2D eigenvalue weighted by molar-refractivity contribution is -0.119. The summed E-state index contributed by atoms with van der Waals surface area (Å²) in [5.41, 5.74) is 7.93. The predicted octanol–water partition coefficient (Wildman–Crippen LogP) is 5.64. The van der Waals surface area contributed by atoms with Gasteiger partial charge in [0.1, 0.15) is 23.0 Å². The number of halogens is 1. The van der Waals surface area contributed by atoms with Crippen LogP contribution in [0.4, 0.5) is 10.1 Å². The summed E-state index contributed by atoms with van der Waals surface area (Å²) < 4.78 is 18.0. The van der Waals surface area contributed by atoms with Gasteiger partial charge in [-0.2, -0.15) is 0 Å². The number of anilines is 1. The number of hydrogen-bond donors (Lipinski definition) is 3. The van der Waals surface area contributed by atoms with Crippen LogP contribution < -0.4 is 21.1 Å². The van der Waals surface area contributed by atoms with Crippen molar-refractivity contribution in [3.8, 4) is 5.75 Å². The number of nitrogens with one attached hydrogen (secondary N) is 2. The van der Waals surface area contributed by atoms with Gasteiger partial charge in [0.25, 0.3) is 5.91 Å². The Morgan fingerprint density at radius 1 is 1.13 bits per heavy atom. The lowest BCUT2D eigenvalue weighted by Gasteiger charge is -2.31. The Morgan fingerprint density at radius 2 is 1.82 bits per heavy atom. The molecule has 2 heterocycles. The molecule has 0 saturated carbocycles. The highest BCUT2D eigenvalue weighted by atomic mass is 19.1. The van der Waals surface area contributed by atoms with Crippen molar-refractivity contribution in [2.24, 2.45) is 11.7 Å². The number of piperidine rings is 1. The van der Waals surface area contributed by atoms with E-state index in [-0.39, 0.29) is 29.7 Å². The maximum atomic E-state index is 12.9. The molecule has 4 N–H and O–H groups in total. The van der Waals surface area contributed by atoms with Crippen molar-refractivity contribution in [2.45, 2.75) is 65.0 Å². The van der Waals surface area contributed by atoms with Gasteiger partial charge in [-0.25, -0.2) is 9.37 Å². The molecular weight excluding hydrogens is 573 g/mol. The van der Waals surface area contributed by atoms with Crippen LogP contribution >= 0.6 is 0 Å². The molecule has 3 unspecified atom stereocenters. The van der Waals surface area contributed by atoms with Crippen molar-refractivity contribution >= 4 is 23.8 Å². The van der Waals surface area contributed by atoms with Gasteiger partial charge in [0.05, 0.1) is 7.11 Å². The first-order chi connectivity index (χ1) is 21.6. The first-order valence-corrected chi connectivity index (χ1v) is 15.4. The highest BCUT2D eigenvalue weighted by molar-refractivity contribution is 5.94. The van der Waals surface area contributed by atoms with E-state index in [1.54, 1.807) is 6.92 Å². The number of ether oxygens (including phenoxy) is 1. The molecule has 9 nitrogen and oxygen atoms in total. The zero-order valence-corrected chi connectivity index (χ0v) is 27.1. The number of nitrogens with zero attached hydrogens (tertiary/aromatic N) is 2. The second-order valence-electron chi connectivity index (χ2n) is 11.2. The van der Waals surface area contributed by atoms with Crippen LogP contribution in [0.15, 0.2) is 66.7 Å². The summed E-state index contributed by atoms with van der Waals surface area (Å²) in [4.78, 5) is 41.8. The Balaban J connectivity index is 0.000000354. The lowest BCUT2D eigenvalue weighted by Crippen LogP contribution is -2.40. The molecule has 0 spiro atoms. The number of aromatic nitrogens is 1. The Hall–Kier alpha value is -4.15. The largest absolute Gasteiger partial charge is 0.497 e. The van der Waals surface area contributed by atoms with Gasteiger partial charge in [-0.1, -0.05) is 56.2 Å². The predicted molar refractivity (Wildman–Crippen MR) is 177 cm³/mol. The zero-order valence-electron chi connectivity index (χ0n) is 27.1. The molecule has 4 rings (SSSR count). The maximum Gasteiger partial charge on any atom is 0.270 e. The van der Waals surface area contributed by atoms with Crippen molar-refractivity contribution in [3.63, 3.8) is 0 Å². The Labute approximate surface area is 266 Å². The minimum absolute atomic E-state index is 0.0285. The van der Waals surface area contributed by atoms with E-state index in [0.717, 1.165) is 6.04 Å². The summed E-state index contributed by atoms with van der Waals surface area (Å²) in [6.07, 6.45) is 6.45. The second-order valence-corrected chi connectivity index (χ2v) is 11.2. The van der Waals surface area contributed by atoms with Gasteiger partial charge in [-0.05, 0) is 70.5 Å². The second kappa shape index (κ2) is 20.0. The molecule has 10 heteroatoms. The number of nitrogens with two attached hydrogens (primary N) is 1. The summed E-state index contributed by atoms with van der Waals surface area (Å²) in [7, 11) is 3.66. The first-order valence-electron chi connectivity index (χ1n) is 15.4. The number of rotatable bonds is 10. The normalized spacial score (nSPS) is 15.6. The SMILES string of the molecule is CCC1CCCCN1C.COc1cc(C=O)nc(C(=O)NCC(N)CC(C)C(=O)Nc2ccc(F)cc2)c1.Cc1ccccc1. The lowest BCUT2D eigenvalue weighted by atomic mass is 10.0. The number of methoxy groups -OCH3 is 1. The molecule has 3 aromatic rings. The fraction of sp³-hybridized carbons (Fsp3) is 0.429. The van der Waals surface area contributed by atoms with E-state index in [4.69, 9.17) is 10.5 Å². The number of benzene rings is 2. The van der Waals surface area contributed by atoms with Gasteiger partial charge >= 0.3 is 0 Å². The number of carbonyl (C=O) groups excluding carboxylic acids is 3. The highest BCUT2D eigenvalue weighted by Gasteiger charge is 2.19. The van der Waals surface area contributed by atoms with E-state index < -0.39 is 17.9 Å².